The number of hydrogen-bond acceptors (Lipinski definition) is 2. The molecule has 0 heterocycles. The van der Waals surface area contributed by atoms with E-state index in [2.05, 4.69) is 0 Å². The second-order valence-electron chi connectivity index (χ2n) is 4.33. The van der Waals surface area contributed by atoms with Crippen LogP contribution in [0.3, 0.4) is 0 Å². The summed E-state index contributed by atoms with van der Waals surface area (Å²) in [5.41, 5.74) is -0.414. The largest absolute Gasteiger partial charge is 0.375 e. The van der Waals surface area contributed by atoms with Crippen LogP contribution in [0.25, 0.3) is 0 Å². The zero-order chi connectivity index (χ0) is 11.2. The topological polar surface area (TPSA) is 18.5 Å². The molecular formula is C12H22O2. The van der Waals surface area contributed by atoms with Gasteiger partial charge in [-0.25, -0.2) is 0 Å². The molecule has 2 nitrogen and oxygen atoms in total. The van der Waals surface area contributed by atoms with Crippen LogP contribution in [-0.4, -0.2) is 25.4 Å². The lowest BCUT2D eigenvalue weighted by Gasteiger charge is -2.18. The van der Waals surface area contributed by atoms with E-state index in [-0.39, 0.29) is 11.2 Å². The van der Waals surface area contributed by atoms with Crippen molar-refractivity contribution in [1.82, 2.24) is 0 Å². The van der Waals surface area contributed by atoms with E-state index in [1.165, 1.54) is 0 Å². The Balaban J connectivity index is 4.18. The Morgan fingerprint density at radius 1 is 0.714 bits per heavy atom. The molecule has 0 aliphatic heterocycles. The van der Waals surface area contributed by atoms with Crippen LogP contribution in [0.1, 0.15) is 27.7 Å². The van der Waals surface area contributed by atoms with Gasteiger partial charge in [-0.3, -0.25) is 0 Å². The van der Waals surface area contributed by atoms with Gasteiger partial charge in [-0.05, 0) is 27.7 Å². The molecule has 0 saturated heterocycles. The third-order valence-corrected chi connectivity index (χ3v) is 2.16. The van der Waals surface area contributed by atoms with E-state index in [4.69, 9.17) is 9.47 Å². The molecule has 0 aromatic carbocycles. The molecule has 0 radical (unpaired) electrons. The summed E-state index contributed by atoms with van der Waals surface area (Å²) >= 11 is 0. The Kier molecular flexibility index (Phi) is 5.09. The SMILES string of the molecule is COC(C)(C)C=CC=CC(C)(C)OC. The minimum atomic E-state index is -0.207. The van der Waals surface area contributed by atoms with Crippen LogP contribution in [-0.2, 0) is 9.47 Å². The summed E-state index contributed by atoms with van der Waals surface area (Å²) in [6, 6.07) is 0. The molecule has 0 spiro atoms. The zero-order valence-electron chi connectivity index (χ0n) is 10.1. The first-order valence-electron chi connectivity index (χ1n) is 4.80. The molecule has 0 aliphatic carbocycles. The van der Waals surface area contributed by atoms with Crippen LogP contribution >= 0.6 is 0 Å². The quantitative estimate of drug-likeness (QED) is 0.632. The van der Waals surface area contributed by atoms with E-state index >= 15 is 0 Å². The molecule has 0 aliphatic rings. The molecular weight excluding hydrogens is 176 g/mol. The average Bonchev–Trinajstić information content (AvgIpc) is 2.13. The van der Waals surface area contributed by atoms with Gasteiger partial charge in [0.1, 0.15) is 0 Å². The molecule has 0 unspecified atom stereocenters. The lowest BCUT2D eigenvalue weighted by Crippen LogP contribution is -2.19. The van der Waals surface area contributed by atoms with E-state index < -0.39 is 0 Å². The lowest BCUT2D eigenvalue weighted by molar-refractivity contribution is 0.0643. The van der Waals surface area contributed by atoms with Gasteiger partial charge in [0.25, 0.3) is 0 Å². The molecule has 82 valence electrons. The minimum absolute atomic E-state index is 0.207. The Labute approximate surface area is 87.6 Å². The highest BCUT2D eigenvalue weighted by Gasteiger charge is 2.11. The van der Waals surface area contributed by atoms with Gasteiger partial charge >= 0.3 is 0 Å². The number of rotatable bonds is 5. The van der Waals surface area contributed by atoms with Crippen LogP contribution < -0.4 is 0 Å². The van der Waals surface area contributed by atoms with Crippen LogP contribution in [0.15, 0.2) is 24.3 Å². The van der Waals surface area contributed by atoms with E-state index in [1.807, 2.05) is 52.0 Å². The number of methoxy groups -OCH3 is 2. The van der Waals surface area contributed by atoms with E-state index in [0.29, 0.717) is 0 Å². The third kappa shape index (κ3) is 5.95. The maximum Gasteiger partial charge on any atom is 0.0805 e. The third-order valence-electron chi connectivity index (χ3n) is 2.16. The standard InChI is InChI=1S/C12H22O2/c1-11(2,13-5)9-7-8-10-12(3,4)14-6/h7-10H,1-6H3. The first-order valence-corrected chi connectivity index (χ1v) is 4.80. The van der Waals surface area contributed by atoms with Crippen molar-refractivity contribution >= 4 is 0 Å². The molecule has 0 fully saturated rings. The van der Waals surface area contributed by atoms with Crippen molar-refractivity contribution in [2.75, 3.05) is 14.2 Å². The van der Waals surface area contributed by atoms with Gasteiger partial charge in [-0.2, -0.15) is 0 Å². The van der Waals surface area contributed by atoms with Crippen molar-refractivity contribution in [3.8, 4) is 0 Å². The Morgan fingerprint density at radius 2 is 1.00 bits per heavy atom. The van der Waals surface area contributed by atoms with Crippen molar-refractivity contribution in [2.45, 2.75) is 38.9 Å². The molecule has 2 heteroatoms. The summed E-state index contributed by atoms with van der Waals surface area (Å²) in [5.74, 6) is 0. The van der Waals surface area contributed by atoms with Crippen molar-refractivity contribution in [1.29, 1.82) is 0 Å². The van der Waals surface area contributed by atoms with E-state index in [9.17, 15) is 0 Å². The molecule has 0 N–H and O–H groups in total. The normalized spacial score (nSPS) is 14.4. The highest BCUT2D eigenvalue weighted by molar-refractivity contribution is 5.11. The Hall–Kier alpha value is -0.600. The highest BCUT2D eigenvalue weighted by Crippen LogP contribution is 2.11. The van der Waals surface area contributed by atoms with Gasteiger partial charge in [-0.15, -0.1) is 0 Å². The summed E-state index contributed by atoms with van der Waals surface area (Å²) in [6.45, 7) is 8.05. The first kappa shape index (κ1) is 13.4. The summed E-state index contributed by atoms with van der Waals surface area (Å²) in [5, 5.41) is 0. The van der Waals surface area contributed by atoms with Gasteiger partial charge < -0.3 is 9.47 Å². The molecule has 0 aromatic heterocycles. The monoisotopic (exact) mass is 198 g/mol. The summed E-state index contributed by atoms with van der Waals surface area (Å²) in [6.07, 6.45) is 7.97. The molecule has 0 atom stereocenters. The van der Waals surface area contributed by atoms with Gasteiger partial charge in [0.15, 0.2) is 0 Å². The second kappa shape index (κ2) is 5.32. The van der Waals surface area contributed by atoms with Crippen molar-refractivity contribution in [2.24, 2.45) is 0 Å². The van der Waals surface area contributed by atoms with Crippen LogP contribution in [0, 0.1) is 0 Å². The van der Waals surface area contributed by atoms with Crippen molar-refractivity contribution in [3.63, 3.8) is 0 Å². The summed E-state index contributed by atoms with van der Waals surface area (Å²) in [7, 11) is 3.40. The van der Waals surface area contributed by atoms with Gasteiger partial charge in [0.2, 0.25) is 0 Å². The summed E-state index contributed by atoms with van der Waals surface area (Å²) in [4.78, 5) is 0. The van der Waals surface area contributed by atoms with Crippen molar-refractivity contribution < 1.29 is 9.47 Å². The predicted molar refractivity (Wildman–Crippen MR) is 60.5 cm³/mol. The number of allylic oxidation sites excluding steroid dienone is 2. The Bertz CT molecular complexity index is 188. The van der Waals surface area contributed by atoms with Crippen molar-refractivity contribution in [3.05, 3.63) is 24.3 Å². The van der Waals surface area contributed by atoms with Crippen LogP contribution in [0.2, 0.25) is 0 Å². The average molecular weight is 198 g/mol. The van der Waals surface area contributed by atoms with Gasteiger partial charge in [0.05, 0.1) is 11.2 Å². The highest BCUT2D eigenvalue weighted by atomic mass is 16.5. The summed E-state index contributed by atoms with van der Waals surface area (Å²) < 4.78 is 10.5. The number of hydrogen-bond donors (Lipinski definition) is 0. The second-order valence-corrected chi connectivity index (χ2v) is 4.33. The maximum atomic E-state index is 5.24. The Morgan fingerprint density at radius 3 is 1.21 bits per heavy atom. The molecule has 0 amide bonds. The van der Waals surface area contributed by atoms with E-state index in [0.717, 1.165) is 0 Å². The molecule has 0 saturated carbocycles. The smallest absolute Gasteiger partial charge is 0.0805 e. The minimum Gasteiger partial charge on any atom is -0.375 e. The first-order chi connectivity index (χ1) is 6.33. The molecule has 0 rings (SSSR count). The molecule has 14 heavy (non-hydrogen) atoms. The fraction of sp³-hybridized carbons (Fsp3) is 0.667. The fourth-order valence-electron chi connectivity index (χ4n) is 0.711. The predicted octanol–water partition coefficient (Wildman–Crippen LogP) is 2.95. The van der Waals surface area contributed by atoms with Gasteiger partial charge in [-0.1, -0.05) is 24.3 Å². The molecule has 0 bridgehead atoms. The fourth-order valence-corrected chi connectivity index (χ4v) is 0.711. The number of ether oxygens (including phenoxy) is 2. The molecule has 0 aromatic rings. The van der Waals surface area contributed by atoms with Gasteiger partial charge in [0, 0.05) is 14.2 Å². The van der Waals surface area contributed by atoms with Crippen LogP contribution in [0.5, 0.6) is 0 Å². The van der Waals surface area contributed by atoms with Crippen LogP contribution in [0.4, 0.5) is 0 Å². The van der Waals surface area contributed by atoms with E-state index in [1.54, 1.807) is 14.2 Å². The lowest BCUT2D eigenvalue weighted by atomic mass is 10.1. The zero-order valence-corrected chi connectivity index (χ0v) is 10.1. The maximum absolute atomic E-state index is 5.24.